The number of amides is 2. The van der Waals surface area contributed by atoms with E-state index in [1.54, 1.807) is 11.1 Å². The largest absolute Gasteiger partial charge is 0.469 e. The van der Waals surface area contributed by atoms with Gasteiger partial charge in [-0.15, -0.1) is 0 Å². The number of methoxy groups -OCH3 is 1. The minimum Gasteiger partial charge on any atom is -0.469 e. The van der Waals surface area contributed by atoms with E-state index in [0.29, 0.717) is 30.9 Å². The van der Waals surface area contributed by atoms with Gasteiger partial charge < -0.3 is 29.8 Å². The number of nitrogens with one attached hydrogen (secondary N) is 2. The number of nitrogens with zero attached hydrogens (tertiary/aromatic N) is 3. The topological polar surface area (TPSA) is 134 Å². The smallest absolute Gasteiger partial charge is 0.416 e. The molecule has 2 aromatic rings. The van der Waals surface area contributed by atoms with Crippen LogP contribution in [0.1, 0.15) is 50.4 Å². The summed E-state index contributed by atoms with van der Waals surface area (Å²) in [5.74, 6) is 0.191. The first-order valence-corrected chi connectivity index (χ1v) is 14.0. The number of esters is 1. The van der Waals surface area contributed by atoms with E-state index in [-0.39, 0.29) is 26.1 Å². The fraction of sp³-hybridized carbons (Fsp3) is 0.452. The molecule has 1 aromatic carbocycles. The fourth-order valence-corrected chi connectivity index (χ4v) is 4.24. The number of carbonyl (C=O) groups is 3. The molecule has 11 heteroatoms. The van der Waals surface area contributed by atoms with Gasteiger partial charge in [0.15, 0.2) is 0 Å². The predicted molar refractivity (Wildman–Crippen MR) is 160 cm³/mol. The van der Waals surface area contributed by atoms with Gasteiger partial charge >= 0.3 is 18.2 Å². The lowest BCUT2D eigenvalue weighted by Gasteiger charge is -2.31. The molecule has 1 aromatic heterocycles. The first kappa shape index (κ1) is 32.1. The van der Waals surface area contributed by atoms with Crippen molar-refractivity contribution in [1.29, 1.82) is 5.41 Å². The van der Waals surface area contributed by atoms with Gasteiger partial charge in [0.25, 0.3) is 0 Å². The molecule has 1 aliphatic heterocycles. The molecule has 0 aliphatic carbocycles. The number of aromatic nitrogens is 1. The van der Waals surface area contributed by atoms with Gasteiger partial charge in [-0.2, -0.15) is 0 Å². The highest BCUT2D eigenvalue weighted by Crippen LogP contribution is 2.27. The molecule has 0 unspecified atom stereocenters. The van der Waals surface area contributed by atoms with Crippen LogP contribution in [0.15, 0.2) is 54.2 Å². The molecule has 42 heavy (non-hydrogen) atoms. The van der Waals surface area contributed by atoms with E-state index in [1.807, 2.05) is 63.2 Å². The lowest BCUT2D eigenvalue weighted by Crippen LogP contribution is -2.40. The SMILES string of the molecule is COC(=O)CCN(C/C(C=N)=C/NCCc1ccc2c(n1)N(C(=O)OC(C)(C)C)CCC2)C(=O)OCc1ccccc1. The summed E-state index contributed by atoms with van der Waals surface area (Å²) in [6.45, 7) is 6.84. The van der Waals surface area contributed by atoms with Crippen molar-refractivity contribution in [2.24, 2.45) is 0 Å². The zero-order valence-electron chi connectivity index (χ0n) is 24.9. The van der Waals surface area contributed by atoms with Crippen LogP contribution in [-0.4, -0.2) is 73.1 Å². The number of pyridine rings is 1. The first-order valence-electron chi connectivity index (χ1n) is 14.0. The molecule has 2 amide bonds. The average Bonchev–Trinajstić information content (AvgIpc) is 2.98. The number of anilines is 1. The molecule has 0 radical (unpaired) electrons. The molecule has 11 nitrogen and oxygen atoms in total. The third-order valence-electron chi connectivity index (χ3n) is 6.36. The van der Waals surface area contributed by atoms with Gasteiger partial charge in [0.05, 0.1) is 20.1 Å². The van der Waals surface area contributed by atoms with E-state index < -0.39 is 23.8 Å². The number of carbonyl (C=O) groups excluding carboxylic acids is 3. The Labute approximate surface area is 247 Å². The second-order valence-corrected chi connectivity index (χ2v) is 10.9. The number of benzene rings is 1. The van der Waals surface area contributed by atoms with Crippen LogP contribution in [0.2, 0.25) is 0 Å². The van der Waals surface area contributed by atoms with Crippen LogP contribution in [0.25, 0.3) is 0 Å². The van der Waals surface area contributed by atoms with Crippen LogP contribution < -0.4 is 10.2 Å². The monoisotopic (exact) mass is 579 g/mol. The van der Waals surface area contributed by atoms with Crippen LogP contribution in [0.3, 0.4) is 0 Å². The highest BCUT2D eigenvalue weighted by molar-refractivity contribution is 5.88. The quantitative estimate of drug-likeness (QED) is 0.161. The molecule has 3 rings (SSSR count). The average molecular weight is 580 g/mol. The molecule has 0 spiro atoms. The normalized spacial score (nSPS) is 13.0. The zero-order valence-corrected chi connectivity index (χ0v) is 24.9. The number of ether oxygens (including phenoxy) is 3. The number of rotatable bonds is 12. The molecule has 0 fully saturated rings. The molecule has 2 N–H and O–H groups in total. The highest BCUT2D eigenvalue weighted by atomic mass is 16.6. The van der Waals surface area contributed by atoms with Gasteiger partial charge in [-0.1, -0.05) is 36.4 Å². The molecule has 0 bridgehead atoms. The summed E-state index contributed by atoms with van der Waals surface area (Å²) in [5, 5.41) is 11.0. The molecule has 2 heterocycles. The Hall–Kier alpha value is -4.41. The third-order valence-corrected chi connectivity index (χ3v) is 6.36. The summed E-state index contributed by atoms with van der Waals surface area (Å²) in [7, 11) is 1.29. The maximum absolute atomic E-state index is 12.8. The van der Waals surface area contributed by atoms with Crippen molar-refractivity contribution in [1.82, 2.24) is 15.2 Å². The Balaban J connectivity index is 1.60. The zero-order chi connectivity index (χ0) is 30.5. The van der Waals surface area contributed by atoms with Crippen LogP contribution in [-0.2, 0) is 38.5 Å². The first-order chi connectivity index (χ1) is 20.1. The lowest BCUT2D eigenvalue weighted by molar-refractivity contribution is -0.140. The lowest BCUT2D eigenvalue weighted by atomic mass is 10.0. The predicted octanol–water partition coefficient (Wildman–Crippen LogP) is 4.64. The van der Waals surface area contributed by atoms with E-state index in [9.17, 15) is 14.4 Å². The van der Waals surface area contributed by atoms with Gasteiger partial charge in [-0.25, -0.2) is 14.6 Å². The highest BCUT2D eigenvalue weighted by Gasteiger charge is 2.28. The number of hydrogen-bond donors (Lipinski definition) is 2. The minimum atomic E-state index is -0.595. The third kappa shape index (κ3) is 10.2. The Kier molecular flexibility index (Phi) is 11.9. The van der Waals surface area contributed by atoms with Crippen LogP contribution >= 0.6 is 0 Å². The van der Waals surface area contributed by atoms with Crippen molar-refractivity contribution in [3.8, 4) is 0 Å². The van der Waals surface area contributed by atoms with Gasteiger partial charge in [-0.05, 0) is 50.8 Å². The van der Waals surface area contributed by atoms with Crippen molar-refractivity contribution in [3.63, 3.8) is 0 Å². The summed E-state index contributed by atoms with van der Waals surface area (Å²) in [6.07, 6.45) is 4.09. The molecule has 1 aliphatic rings. The Morgan fingerprint density at radius 2 is 1.90 bits per heavy atom. The van der Waals surface area contributed by atoms with Gasteiger partial charge in [0.1, 0.15) is 18.0 Å². The van der Waals surface area contributed by atoms with Crippen molar-refractivity contribution >= 4 is 30.2 Å². The van der Waals surface area contributed by atoms with Gasteiger partial charge in [0, 0.05) is 49.7 Å². The van der Waals surface area contributed by atoms with Crippen molar-refractivity contribution in [2.75, 3.05) is 38.2 Å². The molecule has 0 saturated carbocycles. The van der Waals surface area contributed by atoms with Crippen LogP contribution in [0.4, 0.5) is 15.4 Å². The van der Waals surface area contributed by atoms with Crippen molar-refractivity contribution < 1.29 is 28.6 Å². The molecule has 0 atom stereocenters. The fourth-order valence-electron chi connectivity index (χ4n) is 4.24. The van der Waals surface area contributed by atoms with E-state index in [1.165, 1.54) is 12.0 Å². The van der Waals surface area contributed by atoms with E-state index >= 15 is 0 Å². The Bertz CT molecular complexity index is 1260. The van der Waals surface area contributed by atoms with Gasteiger partial charge in [0.2, 0.25) is 0 Å². The number of hydrogen-bond acceptors (Lipinski definition) is 9. The number of fused-ring (bicyclic) bond motifs is 1. The Morgan fingerprint density at radius 1 is 1.14 bits per heavy atom. The molecular weight excluding hydrogens is 538 g/mol. The van der Waals surface area contributed by atoms with Crippen molar-refractivity contribution in [2.45, 2.75) is 58.7 Å². The Morgan fingerprint density at radius 3 is 2.60 bits per heavy atom. The van der Waals surface area contributed by atoms with E-state index in [0.717, 1.165) is 35.9 Å². The summed E-state index contributed by atoms with van der Waals surface area (Å²) < 4.78 is 15.7. The molecule has 0 saturated heterocycles. The second-order valence-electron chi connectivity index (χ2n) is 10.9. The molecular formula is C31H41N5O6. The molecule has 226 valence electrons. The second kappa shape index (κ2) is 15.6. The van der Waals surface area contributed by atoms with Crippen LogP contribution in [0.5, 0.6) is 0 Å². The summed E-state index contributed by atoms with van der Waals surface area (Å²) >= 11 is 0. The van der Waals surface area contributed by atoms with E-state index in [2.05, 4.69) is 5.32 Å². The maximum atomic E-state index is 12.8. The van der Waals surface area contributed by atoms with Crippen LogP contribution in [0, 0.1) is 5.41 Å². The van der Waals surface area contributed by atoms with Crippen molar-refractivity contribution in [3.05, 3.63) is 71.1 Å². The number of aryl methyl sites for hydroxylation is 1. The summed E-state index contributed by atoms with van der Waals surface area (Å²) in [6, 6.07) is 13.3. The summed E-state index contributed by atoms with van der Waals surface area (Å²) in [5.41, 5.74) is 2.59. The standard InChI is InChI=1S/C31H41N5O6/c1-31(2,3)42-30(39)36-17-8-11-25-12-13-26(34-28(25)36)14-16-33-20-24(19-32)21-35(18-15-27(37)40-4)29(38)41-22-23-9-6-5-7-10-23/h5-7,9-10,12-13,19-20,32-33H,8,11,14-18,21-22H2,1-4H3/b24-20+,32-19?. The minimum absolute atomic E-state index is 0.0000429. The van der Waals surface area contributed by atoms with Gasteiger partial charge in [-0.3, -0.25) is 9.69 Å². The maximum Gasteiger partial charge on any atom is 0.416 e. The van der Waals surface area contributed by atoms with E-state index in [4.69, 9.17) is 24.6 Å². The summed E-state index contributed by atoms with van der Waals surface area (Å²) in [4.78, 5) is 45.1.